The van der Waals surface area contributed by atoms with Gasteiger partial charge in [0.15, 0.2) is 0 Å². The molecular weight excluding hydrogens is 228 g/mol. The van der Waals surface area contributed by atoms with Crippen LogP contribution in [0, 0.1) is 5.41 Å². The monoisotopic (exact) mass is 248 g/mol. The summed E-state index contributed by atoms with van der Waals surface area (Å²) in [7, 11) is -0.587. The molecule has 3 nitrogen and oxygen atoms in total. The Balaban J connectivity index is 2.31. The van der Waals surface area contributed by atoms with Crippen LogP contribution >= 0.6 is 12.2 Å². The second-order valence-corrected chi connectivity index (χ2v) is 6.82. The van der Waals surface area contributed by atoms with Gasteiger partial charge in [0.25, 0.3) is 0 Å². The zero-order valence-electron chi connectivity index (χ0n) is 9.49. The van der Waals surface area contributed by atoms with Crippen molar-refractivity contribution in [3.05, 3.63) is 0 Å². The summed E-state index contributed by atoms with van der Waals surface area (Å²) in [5.41, 5.74) is 5.61. The zero-order chi connectivity index (χ0) is 11.5. The van der Waals surface area contributed by atoms with Crippen LogP contribution in [-0.4, -0.2) is 45.2 Å². The lowest BCUT2D eigenvalue weighted by Crippen LogP contribution is -2.41. The SMILES string of the molecule is CC(C)(CCN1CCS(=O)CC1)C(N)=S. The van der Waals surface area contributed by atoms with Gasteiger partial charge in [-0.15, -0.1) is 0 Å². The molecule has 5 heteroatoms. The van der Waals surface area contributed by atoms with Gasteiger partial charge >= 0.3 is 0 Å². The standard InChI is InChI=1S/C10H20N2OS2/c1-10(2,9(11)14)3-4-12-5-7-15(13)8-6-12/h3-8H2,1-2H3,(H2,11,14). The molecule has 15 heavy (non-hydrogen) atoms. The molecule has 0 aromatic rings. The minimum atomic E-state index is -0.587. The Kier molecular flexibility index (Phi) is 4.67. The molecule has 1 aliphatic heterocycles. The summed E-state index contributed by atoms with van der Waals surface area (Å²) in [6.45, 7) is 7.05. The normalized spacial score (nSPS) is 20.4. The first-order valence-corrected chi connectivity index (χ1v) is 7.19. The van der Waals surface area contributed by atoms with Crippen molar-refractivity contribution >= 4 is 28.0 Å². The first-order valence-electron chi connectivity index (χ1n) is 5.29. The number of hydrogen-bond acceptors (Lipinski definition) is 3. The van der Waals surface area contributed by atoms with E-state index in [9.17, 15) is 4.21 Å². The number of hydrogen-bond donors (Lipinski definition) is 1. The van der Waals surface area contributed by atoms with Gasteiger partial charge in [-0.3, -0.25) is 4.21 Å². The lowest BCUT2D eigenvalue weighted by molar-refractivity contribution is 0.266. The van der Waals surface area contributed by atoms with Crippen LogP contribution in [0.3, 0.4) is 0 Å². The van der Waals surface area contributed by atoms with Gasteiger partial charge in [0.1, 0.15) is 0 Å². The predicted octanol–water partition coefficient (Wildman–Crippen LogP) is 0.753. The van der Waals surface area contributed by atoms with E-state index in [0.29, 0.717) is 4.99 Å². The molecule has 1 heterocycles. The number of thiocarbonyl (C=S) groups is 1. The van der Waals surface area contributed by atoms with E-state index in [2.05, 4.69) is 18.7 Å². The summed E-state index contributed by atoms with van der Waals surface area (Å²) in [6.07, 6.45) is 0.981. The van der Waals surface area contributed by atoms with E-state index >= 15 is 0 Å². The zero-order valence-corrected chi connectivity index (χ0v) is 11.1. The van der Waals surface area contributed by atoms with Crippen molar-refractivity contribution in [2.24, 2.45) is 11.1 Å². The Bertz CT molecular complexity index is 256. The molecule has 0 atom stereocenters. The molecule has 0 unspecified atom stereocenters. The molecule has 1 aliphatic rings. The molecule has 0 saturated carbocycles. The lowest BCUT2D eigenvalue weighted by Gasteiger charge is -2.30. The third kappa shape index (κ3) is 4.17. The molecule has 0 bridgehead atoms. The van der Waals surface area contributed by atoms with E-state index in [1.54, 1.807) is 0 Å². The first-order chi connectivity index (χ1) is 6.92. The molecule has 0 amide bonds. The average molecular weight is 248 g/mol. The van der Waals surface area contributed by atoms with E-state index in [1.807, 2.05) is 0 Å². The minimum absolute atomic E-state index is 0.0636. The van der Waals surface area contributed by atoms with Crippen LogP contribution in [0.2, 0.25) is 0 Å². The highest BCUT2D eigenvalue weighted by molar-refractivity contribution is 7.85. The summed E-state index contributed by atoms with van der Waals surface area (Å²) >= 11 is 5.03. The highest BCUT2D eigenvalue weighted by Crippen LogP contribution is 2.21. The Hall–Kier alpha value is -0.0000000000000000278. The molecular formula is C10H20N2OS2. The molecule has 1 fully saturated rings. The molecule has 0 aromatic carbocycles. The van der Waals surface area contributed by atoms with Crippen LogP contribution < -0.4 is 5.73 Å². The van der Waals surface area contributed by atoms with Gasteiger partial charge in [-0.25, -0.2) is 0 Å². The molecule has 2 N–H and O–H groups in total. The van der Waals surface area contributed by atoms with Crippen molar-refractivity contribution in [3.8, 4) is 0 Å². The van der Waals surface area contributed by atoms with Crippen LogP contribution in [0.4, 0.5) is 0 Å². The second kappa shape index (κ2) is 5.37. The van der Waals surface area contributed by atoms with Gasteiger partial charge < -0.3 is 10.6 Å². The van der Waals surface area contributed by atoms with Crippen molar-refractivity contribution in [3.63, 3.8) is 0 Å². The van der Waals surface area contributed by atoms with E-state index in [0.717, 1.165) is 37.6 Å². The topological polar surface area (TPSA) is 46.3 Å². The fraction of sp³-hybridized carbons (Fsp3) is 0.900. The Morgan fingerprint density at radius 2 is 2.00 bits per heavy atom. The highest BCUT2D eigenvalue weighted by Gasteiger charge is 2.23. The van der Waals surface area contributed by atoms with Crippen LogP contribution in [0.25, 0.3) is 0 Å². The van der Waals surface area contributed by atoms with E-state index < -0.39 is 10.8 Å². The van der Waals surface area contributed by atoms with Crippen molar-refractivity contribution in [1.29, 1.82) is 0 Å². The fourth-order valence-corrected chi connectivity index (χ4v) is 2.69. The second-order valence-electron chi connectivity index (χ2n) is 4.69. The number of nitrogens with two attached hydrogens (primary N) is 1. The molecule has 1 saturated heterocycles. The quantitative estimate of drug-likeness (QED) is 0.746. The smallest absolute Gasteiger partial charge is 0.0784 e. The largest absolute Gasteiger partial charge is 0.393 e. The van der Waals surface area contributed by atoms with E-state index in [1.165, 1.54) is 0 Å². The maximum absolute atomic E-state index is 11.2. The third-order valence-electron chi connectivity index (χ3n) is 2.99. The third-order valence-corrected chi connectivity index (χ3v) is 4.82. The molecule has 0 aromatic heterocycles. The van der Waals surface area contributed by atoms with E-state index in [-0.39, 0.29) is 5.41 Å². The summed E-state index contributed by atoms with van der Waals surface area (Å²) in [4.78, 5) is 2.93. The average Bonchev–Trinajstić information content (AvgIpc) is 2.17. The maximum atomic E-state index is 11.2. The van der Waals surface area contributed by atoms with Gasteiger partial charge in [0.05, 0.1) is 4.99 Å². The molecule has 0 spiro atoms. The Morgan fingerprint density at radius 3 is 2.47 bits per heavy atom. The van der Waals surface area contributed by atoms with Crippen LogP contribution in [0.5, 0.6) is 0 Å². The predicted molar refractivity (Wildman–Crippen MR) is 69.5 cm³/mol. The van der Waals surface area contributed by atoms with Gasteiger partial charge in [-0.1, -0.05) is 26.1 Å². The lowest BCUT2D eigenvalue weighted by atomic mass is 9.89. The van der Waals surface area contributed by atoms with Crippen LogP contribution in [-0.2, 0) is 10.8 Å². The summed E-state index contributed by atoms with van der Waals surface area (Å²) in [6, 6.07) is 0. The number of nitrogens with zero attached hydrogens (tertiary/aromatic N) is 1. The van der Waals surface area contributed by atoms with E-state index in [4.69, 9.17) is 18.0 Å². The number of rotatable bonds is 4. The Labute approximate surface area is 99.9 Å². The minimum Gasteiger partial charge on any atom is -0.393 e. The maximum Gasteiger partial charge on any atom is 0.0784 e. The van der Waals surface area contributed by atoms with Crippen LogP contribution in [0.15, 0.2) is 0 Å². The van der Waals surface area contributed by atoms with Gasteiger partial charge in [0, 0.05) is 40.8 Å². The van der Waals surface area contributed by atoms with Crippen molar-refractivity contribution in [2.75, 3.05) is 31.1 Å². The fourth-order valence-electron chi connectivity index (χ4n) is 1.46. The van der Waals surface area contributed by atoms with Gasteiger partial charge in [-0.05, 0) is 13.0 Å². The van der Waals surface area contributed by atoms with Crippen LogP contribution in [0.1, 0.15) is 20.3 Å². The van der Waals surface area contributed by atoms with Crippen molar-refractivity contribution in [1.82, 2.24) is 4.90 Å². The summed E-state index contributed by atoms with van der Waals surface area (Å²) in [5.74, 6) is 1.63. The summed E-state index contributed by atoms with van der Waals surface area (Å²) in [5, 5.41) is 0. The first kappa shape index (κ1) is 13.1. The van der Waals surface area contributed by atoms with Crippen molar-refractivity contribution in [2.45, 2.75) is 20.3 Å². The molecule has 88 valence electrons. The highest BCUT2D eigenvalue weighted by atomic mass is 32.2. The molecule has 1 rings (SSSR count). The Morgan fingerprint density at radius 1 is 1.47 bits per heavy atom. The van der Waals surface area contributed by atoms with Gasteiger partial charge in [-0.2, -0.15) is 0 Å². The molecule has 0 radical (unpaired) electrons. The van der Waals surface area contributed by atoms with Crippen molar-refractivity contribution < 1.29 is 4.21 Å². The van der Waals surface area contributed by atoms with Gasteiger partial charge in [0.2, 0.25) is 0 Å². The molecule has 0 aliphatic carbocycles. The summed E-state index contributed by atoms with van der Waals surface area (Å²) < 4.78 is 11.2.